The van der Waals surface area contributed by atoms with Gasteiger partial charge in [-0.25, -0.2) is 4.79 Å². The zero-order valence-electron chi connectivity index (χ0n) is 11.9. The molecule has 19 heavy (non-hydrogen) atoms. The highest BCUT2D eigenvalue weighted by atomic mass is 16.4. The number of hydrogen-bond acceptors (Lipinski definition) is 3. The number of aliphatic carboxylic acids is 1. The van der Waals surface area contributed by atoms with E-state index in [1.54, 1.807) is 0 Å². The van der Waals surface area contributed by atoms with E-state index in [1.165, 1.54) is 25.7 Å². The Balaban J connectivity index is 3.60. The molecule has 3 N–H and O–H groups in total. The fraction of sp³-hybridized carbons (Fsp3) is 0.857. The number of rotatable bonds is 12. The number of carboxylic acids is 1. The molecule has 0 aromatic carbocycles. The summed E-state index contributed by atoms with van der Waals surface area (Å²) >= 11 is 0. The Morgan fingerprint density at radius 1 is 1.05 bits per heavy atom. The fourth-order valence-electron chi connectivity index (χ4n) is 1.90. The second kappa shape index (κ2) is 12.0. The van der Waals surface area contributed by atoms with Crippen LogP contribution in [0.15, 0.2) is 0 Å². The Morgan fingerprint density at radius 2 is 1.63 bits per heavy atom. The monoisotopic (exact) mass is 273 g/mol. The van der Waals surface area contributed by atoms with E-state index in [1.807, 2.05) is 0 Å². The first kappa shape index (κ1) is 17.9. The van der Waals surface area contributed by atoms with Crippen LogP contribution in [0, 0.1) is 0 Å². The minimum atomic E-state index is -1.10. The summed E-state index contributed by atoms with van der Waals surface area (Å²) in [6.07, 6.45) is 8.30. The zero-order chi connectivity index (χ0) is 14.5. The summed E-state index contributed by atoms with van der Waals surface area (Å²) < 4.78 is 0. The standard InChI is InChI=1S/C14H27NO4/c1-2-3-4-5-6-7-8-9-13(17)15-12(10-11-16)14(18)19/h12,16H,2-11H2,1H3,(H,15,17)(H,18,19)/t12-/m1/s1. The van der Waals surface area contributed by atoms with Gasteiger partial charge in [-0.3, -0.25) is 4.79 Å². The summed E-state index contributed by atoms with van der Waals surface area (Å²) in [6, 6.07) is -0.970. The van der Waals surface area contributed by atoms with Crippen molar-refractivity contribution in [2.45, 2.75) is 70.8 Å². The van der Waals surface area contributed by atoms with Gasteiger partial charge in [0.1, 0.15) is 6.04 Å². The number of amides is 1. The van der Waals surface area contributed by atoms with Crippen LogP contribution in [0.2, 0.25) is 0 Å². The molecule has 5 heteroatoms. The molecule has 0 fully saturated rings. The highest BCUT2D eigenvalue weighted by Gasteiger charge is 2.18. The van der Waals surface area contributed by atoms with Crippen LogP contribution in [0.5, 0.6) is 0 Å². The molecule has 0 aliphatic carbocycles. The molecule has 112 valence electrons. The summed E-state index contributed by atoms with van der Waals surface area (Å²) in [4.78, 5) is 22.3. The van der Waals surface area contributed by atoms with Gasteiger partial charge in [0.25, 0.3) is 0 Å². The number of carbonyl (C=O) groups is 2. The Bertz CT molecular complexity index is 256. The van der Waals surface area contributed by atoms with Crippen molar-refractivity contribution in [2.75, 3.05) is 6.61 Å². The van der Waals surface area contributed by atoms with E-state index in [9.17, 15) is 9.59 Å². The predicted octanol–water partition coefficient (Wildman–Crippen LogP) is 2.08. The smallest absolute Gasteiger partial charge is 0.326 e. The maximum absolute atomic E-state index is 11.5. The Morgan fingerprint density at radius 3 is 2.16 bits per heavy atom. The molecular weight excluding hydrogens is 246 g/mol. The molecule has 0 radical (unpaired) electrons. The van der Waals surface area contributed by atoms with Gasteiger partial charge in [-0.1, -0.05) is 45.4 Å². The molecule has 0 aromatic heterocycles. The van der Waals surface area contributed by atoms with Crippen molar-refractivity contribution in [2.24, 2.45) is 0 Å². The molecule has 5 nitrogen and oxygen atoms in total. The lowest BCUT2D eigenvalue weighted by atomic mass is 10.1. The van der Waals surface area contributed by atoms with Gasteiger partial charge in [0, 0.05) is 19.4 Å². The van der Waals surface area contributed by atoms with E-state index in [2.05, 4.69) is 12.2 Å². The topological polar surface area (TPSA) is 86.6 Å². The van der Waals surface area contributed by atoms with Gasteiger partial charge in [-0.2, -0.15) is 0 Å². The van der Waals surface area contributed by atoms with Gasteiger partial charge < -0.3 is 15.5 Å². The molecule has 0 rings (SSSR count). The van der Waals surface area contributed by atoms with E-state index in [-0.39, 0.29) is 18.9 Å². The van der Waals surface area contributed by atoms with E-state index < -0.39 is 12.0 Å². The first-order valence-corrected chi connectivity index (χ1v) is 7.24. The van der Waals surface area contributed by atoms with E-state index >= 15 is 0 Å². The number of aliphatic hydroxyl groups is 1. The van der Waals surface area contributed by atoms with Crippen molar-refractivity contribution >= 4 is 11.9 Å². The van der Waals surface area contributed by atoms with Gasteiger partial charge in [-0.15, -0.1) is 0 Å². The lowest BCUT2D eigenvalue weighted by Gasteiger charge is -2.12. The average Bonchev–Trinajstić information content (AvgIpc) is 2.37. The van der Waals surface area contributed by atoms with Gasteiger partial charge in [0.15, 0.2) is 0 Å². The van der Waals surface area contributed by atoms with Crippen molar-refractivity contribution in [1.82, 2.24) is 5.32 Å². The van der Waals surface area contributed by atoms with Crippen LogP contribution in [-0.4, -0.2) is 34.7 Å². The van der Waals surface area contributed by atoms with Crippen molar-refractivity contribution in [3.05, 3.63) is 0 Å². The second-order valence-corrected chi connectivity index (χ2v) is 4.84. The summed E-state index contributed by atoms with van der Waals surface area (Å²) in [6.45, 7) is 1.93. The third kappa shape index (κ3) is 10.5. The molecule has 0 spiro atoms. The number of nitrogens with one attached hydrogen (secondary N) is 1. The van der Waals surface area contributed by atoms with Crippen LogP contribution in [0.4, 0.5) is 0 Å². The maximum Gasteiger partial charge on any atom is 0.326 e. The summed E-state index contributed by atoms with van der Waals surface area (Å²) in [5.41, 5.74) is 0. The second-order valence-electron chi connectivity index (χ2n) is 4.84. The van der Waals surface area contributed by atoms with Crippen LogP contribution >= 0.6 is 0 Å². The molecule has 0 unspecified atom stereocenters. The molecular formula is C14H27NO4. The number of unbranched alkanes of at least 4 members (excludes halogenated alkanes) is 6. The van der Waals surface area contributed by atoms with Gasteiger partial charge >= 0.3 is 5.97 Å². The number of carbonyl (C=O) groups excluding carboxylic acids is 1. The van der Waals surface area contributed by atoms with Gasteiger partial charge in [0.2, 0.25) is 5.91 Å². The number of aliphatic hydroxyl groups excluding tert-OH is 1. The third-order valence-electron chi connectivity index (χ3n) is 3.06. The Labute approximate surface area is 115 Å². The molecule has 1 amide bonds. The van der Waals surface area contributed by atoms with Crippen molar-refractivity contribution in [1.29, 1.82) is 0 Å². The summed E-state index contributed by atoms with van der Waals surface area (Å²) in [5.74, 6) is -1.34. The highest BCUT2D eigenvalue weighted by Crippen LogP contribution is 2.08. The quantitative estimate of drug-likeness (QED) is 0.475. The van der Waals surface area contributed by atoms with Gasteiger partial charge in [0.05, 0.1) is 0 Å². The molecule has 0 aliphatic heterocycles. The zero-order valence-corrected chi connectivity index (χ0v) is 11.9. The van der Waals surface area contributed by atoms with E-state index in [4.69, 9.17) is 10.2 Å². The maximum atomic E-state index is 11.5. The summed E-state index contributed by atoms with van der Waals surface area (Å²) in [5, 5.41) is 20.0. The van der Waals surface area contributed by atoms with E-state index in [0.29, 0.717) is 6.42 Å². The summed E-state index contributed by atoms with van der Waals surface area (Å²) in [7, 11) is 0. The average molecular weight is 273 g/mol. The van der Waals surface area contributed by atoms with Crippen LogP contribution in [0.1, 0.15) is 64.7 Å². The minimum absolute atomic E-state index is 0.0537. The largest absolute Gasteiger partial charge is 0.480 e. The number of hydrogen-bond donors (Lipinski definition) is 3. The molecule has 0 saturated carbocycles. The molecule has 0 saturated heterocycles. The predicted molar refractivity (Wildman–Crippen MR) is 73.9 cm³/mol. The van der Waals surface area contributed by atoms with Crippen LogP contribution < -0.4 is 5.32 Å². The number of carboxylic acid groups (broad SMARTS) is 1. The third-order valence-corrected chi connectivity index (χ3v) is 3.06. The fourth-order valence-corrected chi connectivity index (χ4v) is 1.90. The van der Waals surface area contributed by atoms with Crippen molar-refractivity contribution < 1.29 is 19.8 Å². The Hall–Kier alpha value is -1.10. The van der Waals surface area contributed by atoms with Crippen LogP contribution in [0.25, 0.3) is 0 Å². The van der Waals surface area contributed by atoms with E-state index in [0.717, 1.165) is 19.3 Å². The molecule has 1 atom stereocenters. The lowest BCUT2D eigenvalue weighted by Crippen LogP contribution is -2.41. The molecule has 0 bridgehead atoms. The molecule has 0 aromatic rings. The SMILES string of the molecule is CCCCCCCCCC(=O)N[C@H](CCO)C(=O)O. The normalized spacial score (nSPS) is 12.1. The van der Waals surface area contributed by atoms with Crippen molar-refractivity contribution in [3.63, 3.8) is 0 Å². The molecule has 0 heterocycles. The highest BCUT2D eigenvalue weighted by molar-refractivity contribution is 5.83. The Kier molecular flexibility index (Phi) is 11.3. The minimum Gasteiger partial charge on any atom is -0.480 e. The first-order valence-electron chi connectivity index (χ1n) is 7.24. The molecule has 0 aliphatic rings. The first-order chi connectivity index (χ1) is 9.11. The van der Waals surface area contributed by atoms with Gasteiger partial charge in [-0.05, 0) is 6.42 Å². The van der Waals surface area contributed by atoms with Crippen molar-refractivity contribution in [3.8, 4) is 0 Å². The van der Waals surface area contributed by atoms with Crippen LogP contribution in [0.3, 0.4) is 0 Å². The van der Waals surface area contributed by atoms with Crippen LogP contribution in [-0.2, 0) is 9.59 Å². The lowest BCUT2D eigenvalue weighted by molar-refractivity contribution is -0.142.